The molecule has 0 radical (unpaired) electrons. The number of hydrazine groups is 1. The molecule has 1 heterocycles. The van der Waals surface area contributed by atoms with E-state index in [1.54, 1.807) is 18.4 Å². The number of ether oxygens (including phenoxy) is 1. The van der Waals surface area contributed by atoms with Crippen LogP contribution in [0.3, 0.4) is 0 Å². The minimum absolute atomic E-state index is 0.492. The Morgan fingerprint density at radius 1 is 1.62 bits per heavy atom. The average Bonchev–Trinajstić information content (AvgIpc) is 2.71. The molecule has 0 unspecified atom stereocenters. The van der Waals surface area contributed by atoms with Gasteiger partial charge >= 0.3 is 0 Å². The van der Waals surface area contributed by atoms with Gasteiger partial charge in [0.2, 0.25) is 0 Å². The van der Waals surface area contributed by atoms with Crippen LogP contribution in [0.5, 0.6) is 0 Å². The summed E-state index contributed by atoms with van der Waals surface area (Å²) in [7, 11) is 1.72. The van der Waals surface area contributed by atoms with E-state index in [0.29, 0.717) is 6.04 Å². The second-order valence-corrected chi connectivity index (χ2v) is 4.95. The molecule has 16 heavy (non-hydrogen) atoms. The van der Waals surface area contributed by atoms with E-state index in [9.17, 15) is 0 Å². The molecule has 0 spiro atoms. The van der Waals surface area contributed by atoms with Crippen LogP contribution in [0, 0.1) is 0 Å². The summed E-state index contributed by atoms with van der Waals surface area (Å²) >= 11 is 1.58. The summed E-state index contributed by atoms with van der Waals surface area (Å²) in [5, 5.41) is 0.755. The van der Waals surface area contributed by atoms with Crippen LogP contribution in [-0.2, 0) is 11.3 Å². The molecule has 0 saturated carbocycles. The van der Waals surface area contributed by atoms with Crippen LogP contribution in [-0.4, -0.2) is 36.2 Å². The van der Waals surface area contributed by atoms with Crippen LogP contribution in [0.1, 0.15) is 18.7 Å². The quantitative estimate of drug-likeness (QED) is 0.559. The second-order valence-electron chi connectivity index (χ2n) is 3.83. The van der Waals surface area contributed by atoms with E-state index in [1.165, 1.54) is 4.88 Å². The first kappa shape index (κ1) is 13.4. The van der Waals surface area contributed by atoms with Crippen molar-refractivity contribution in [2.24, 2.45) is 5.84 Å². The zero-order valence-electron chi connectivity index (χ0n) is 10.1. The SMILES string of the molecule is COCCN(Cc1cnc(NN)s1)C(C)C. The number of anilines is 1. The van der Waals surface area contributed by atoms with E-state index in [1.807, 2.05) is 6.20 Å². The summed E-state index contributed by atoms with van der Waals surface area (Å²) < 4.78 is 5.10. The van der Waals surface area contributed by atoms with E-state index in [4.69, 9.17) is 10.6 Å². The topological polar surface area (TPSA) is 63.4 Å². The fourth-order valence-electron chi connectivity index (χ4n) is 1.38. The molecule has 0 bridgehead atoms. The van der Waals surface area contributed by atoms with Crippen LogP contribution in [0.15, 0.2) is 6.20 Å². The van der Waals surface area contributed by atoms with Crippen molar-refractivity contribution in [3.8, 4) is 0 Å². The maximum atomic E-state index is 5.30. The molecule has 0 aliphatic carbocycles. The molecule has 1 aromatic heterocycles. The Hall–Kier alpha value is -0.690. The molecule has 0 saturated heterocycles. The summed E-state index contributed by atoms with van der Waals surface area (Å²) in [6.07, 6.45) is 1.86. The number of methoxy groups -OCH3 is 1. The molecule has 0 amide bonds. The normalized spacial score (nSPS) is 11.4. The Bertz CT molecular complexity index is 303. The predicted octanol–water partition coefficient (Wildman–Crippen LogP) is 1.29. The molecule has 3 N–H and O–H groups in total. The van der Waals surface area contributed by atoms with Gasteiger partial charge in [0.1, 0.15) is 0 Å². The van der Waals surface area contributed by atoms with Crippen molar-refractivity contribution in [1.29, 1.82) is 0 Å². The largest absolute Gasteiger partial charge is 0.383 e. The summed E-state index contributed by atoms with van der Waals surface area (Å²) in [5.41, 5.74) is 2.56. The third-order valence-electron chi connectivity index (χ3n) is 2.35. The van der Waals surface area contributed by atoms with Gasteiger partial charge in [0.25, 0.3) is 0 Å². The maximum absolute atomic E-state index is 5.30. The van der Waals surface area contributed by atoms with Gasteiger partial charge in [-0.05, 0) is 13.8 Å². The lowest BCUT2D eigenvalue weighted by Crippen LogP contribution is -2.32. The van der Waals surface area contributed by atoms with E-state index < -0.39 is 0 Å². The average molecular weight is 244 g/mol. The highest BCUT2D eigenvalue weighted by molar-refractivity contribution is 7.15. The van der Waals surface area contributed by atoms with Gasteiger partial charge in [0, 0.05) is 37.3 Å². The molecule has 0 aromatic carbocycles. The summed E-state index contributed by atoms with van der Waals surface area (Å²) in [5.74, 6) is 5.30. The van der Waals surface area contributed by atoms with Gasteiger partial charge in [-0.3, -0.25) is 10.3 Å². The number of nitrogen functional groups attached to an aromatic ring is 1. The molecule has 1 rings (SSSR count). The first-order valence-electron chi connectivity index (χ1n) is 5.31. The fraction of sp³-hybridized carbons (Fsp3) is 0.700. The predicted molar refractivity (Wildman–Crippen MR) is 67.3 cm³/mol. The number of nitrogens with one attached hydrogen (secondary N) is 1. The molecular weight excluding hydrogens is 224 g/mol. The maximum Gasteiger partial charge on any atom is 0.197 e. The molecule has 0 atom stereocenters. The minimum atomic E-state index is 0.492. The minimum Gasteiger partial charge on any atom is -0.383 e. The highest BCUT2D eigenvalue weighted by atomic mass is 32.1. The zero-order valence-corrected chi connectivity index (χ0v) is 10.9. The van der Waals surface area contributed by atoms with Gasteiger partial charge in [-0.2, -0.15) is 0 Å². The monoisotopic (exact) mass is 244 g/mol. The molecule has 6 heteroatoms. The number of rotatable bonds is 7. The first-order valence-corrected chi connectivity index (χ1v) is 6.13. The van der Waals surface area contributed by atoms with Crippen LogP contribution in [0.25, 0.3) is 0 Å². The van der Waals surface area contributed by atoms with Crippen molar-refractivity contribution >= 4 is 16.5 Å². The molecule has 92 valence electrons. The van der Waals surface area contributed by atoms with Gasteiger partial charge in [-0.15, -0.1) is 0 Å². The number of hydrogen-bond donors (Lipinski definition) is 2. The molecule has 5 nitrogen and oxygen atoms in total. The molecule has 1 aromatic rings. The van der Waals surface area contributed by atoms with Crippen molar-refractivity contribution in [2.45, 2.75) is 26.4 Å². The van der Waals surface area contributed by atoms with Crippen molar-refractivity contribution in [2.75, 3.05) is 25.7 Å². The van der Waals surface area contributed by atoms with Gasteiger partial charge in [-0.25, -0.2) is 10.8 Å². The summed E-state index contributed by atoms with van der Waals surface area (Å²) in [4.78, 5) is 7.70. The Balaban J connectivity index is 2.53. The van der Waals surface area contributed by atoms with Gasteiger partial charge in [0.05, 0.1) is 6.61 Å². The van der Waals surface area contributed by atoms with Crippen molar-refractivity contribution in [1.82, 2.24) is 9.88 Å². The van der Waals surface area contributed by atoms with Gasteiger partial charge in [0.15, 0.2) is 5.13 Å². The third-order valence-corrected chi connectivity index (χ3v) is 3.26. The number of hydrogen-bond acceptors (Lipinski definition) is 6. The van der Waals surface area contributed by atoms with Gasteiger partial charge < -0.3 is 4.74 Å². The van der Waals surface area contributed by atoms with E-state index in [-0.39, 0.29) is 0 Å². The Labute approximate surface area is 101 Å². The van der Waals surface area contributed by atoms with E-state index >= 15 is 0 Å². The molecular formula is C10H20N4OS. The zero-order chi connectivity index (χ0) is 12.0. The van der Waals surface area contributed by atoms with Crippen LogP contribution >= 0.6 is 11.3 Å². The third kappa shape index (κ3) is 4.05. The Morgan fingerprint density at radius 2 is 2.38 bits per heavy atom. The number of thiazole rings is 1. The molecule has 0 fully saturated rings. The highest BCUT2D eigenvalue weighted by Crippen LogP contribution is 2.19. The Kier molecular flexibility index (Phi) is 5.68. The smallest absolute Gasteiger partial charge is 0.197 e. The lowest BCUT2D eigenvalue weighted by Gasteiger charge is -2.25. The van der Waals surface area contributed by atoms with E-state index in [2.05, 4.69) is 29.2 Å². The molecule has 0 aliphatic rings. The van der Waals surface area contributed by atoms with Crippen LogP contribution < -0.4 is 11.3 Å². The number of aromatic nitrogens is 1. The Morgan fingerprint density at radius 3 is 2.88 bits per heavy atom. The number of nitrogens with two attached hydrogens (primary N) is 1. The van der Waals surface area contributed by atoms with Gasteiger partial charge in [-0.1, -0.05) is 11.3 Å². The summed E-state index contributed by atoms with van der Waals surface area (Å²) in [6.45, 7) is 6.92. The van der Waals surface area contributed by atoms with Crippen molar-refractivity contribution in [3.05, 3.63) is 11.1 Å². The standard InChI is InChI=1S/C10H20N4OS/c1-8(2)14(4-5-15-3)7-9-6-12-10(13-11)16-9/h6,8H,4-5,7,11H2,1-3H3,(H,12,13). The fourth-order valence-corrected chi connectivity index (χ4v) is 2.12. The van der Waals surface area contributed by atoms with Crippen molar-refractivity contribution in [3.63, 3.8) is 0 Å². The van der Waals surface area contributed by atoms with Crippen LogP contribution in [0.2, 0.25) is 0 Å². The van der Waals surface area contributed by atoms with Crippen molar-refractivity contribution < 1.29 is 4.74 Å². The molecule has 0 aliphatic heterocycles. The number of nitrogens with zero attached hydrogens (tertiary/aromatic N) is 2. The summed E-state index contributed by atoms with van der Waals surface area (Å²) in [6, 6.07) is 0.492. The van der Waals surface area contributed by atoms with E-state index in [0.717, 1.165) is 24.8 Å². The first-order chi connectivity index (χ1) is 7.67. The van der Waals surface area contributed by atoms with Crippen LogP contribution in [0.4, 0.5) is 5.13 Å². The second kappa shape index (κ2) is 6.80. The lowest BCUT2D eigenvalue weighted by atomic mass is 10.3. The highest BCUT2D eigenvalue weighted by Gasteiger charge is 2.11. The lowest BCUT2D eigenvalue weighted by molar-refractivity contribution is 0.125.